The number of hydrogen-bond acceptors (Lipinski definition) is 3. The largest absolute Gasteiger partial charge is 0.395 e. The van der Waals surface area contributed by atoms with Crippen molar-refractivity contribution in [3.05, 3.63) is 41.6 Å². The number of pyridine rings is 1. The Balaban J connectivity index is 1.96. The summed E-state index contributed by atoms with van der Waals surface area (Å²) in [6, 6.07) is 10.8. The van der Waals surface area contributed by atoms with E-state index in [1.807, 2.05) is 13.0 Å². The van der Waals surface area contributed by atoms with Gasteiger partial charge in [-0.25, -0.2) is 0 Å². The van der Waals surface area contributed by atoms with Gasteiger partial charge in [0.25, 0.3) is 0 Å². The lowest BCUT2D eigenvalue weighted by Gasteiger charge is -2.23. The predicted octanol–water partition coefficient (Wildman–Crippen LogP) is 2.50. The first-order valence-corrected chi connectivity index (χ1v) is 6.98. The van der Waals surface area contributed by atoms with Crippen LogP contribution in [0.4, 0.5) is 0 Å². The number of nitrogens with zero attached hydrogens (tertiary/aromatic N) is 2. The first-order valence-electron chi connectivity index (χ1n) is 6.98. The molecule has 3 heteroatoms. The first kappa shape index (κ1) is 12.6. The molecule has 0 bridgehead atoms. The lowest BCUT2D eigenvalue weighted by Crippen LogP contribution is -2.31. The van der Waals surface area contributed by atoms with Gasteiger partial charge < -0.3 is 5.11 Å². The van der Waals surface area contributed by atoms with Crippen molar-refractivity contribution < 1.29 is 5.11 Å². The van der Waals surface area contributed by atoms with Crippen molar-refractivity contribution in [3.8, 4) is 0 Å². The first-order chi connectivity index (χ1) is 9.28. The number of aryl methyl sites for hydroxylation is 1. The number of aliphatic hydroxyl groups excluding tert-OH is 1. The topological polar surface area (TPSA) is 36.4 Å². The van der Waals surface area contributed by atoms with Crippen LogP contribution < -0.4 is 0 Å². The Morgan fingerprint density at radius 1 is 1.37 bits per heavy atom. The van der Waals surface area contributed by atoms with Crippen LogP contribution in [0, 0.1) is 6.92 Å². The number of para-hydroxylation sites is 1. The van der Waals surface area contributed by atoms with Crippen LogP contribution in [0.1, 0.15) is 24.1 Å². The summed E-state index contributed by atoms with van der Waals surface area (Å²) in [5.74, 6) is 0. The van der Waals surface area contributed by atoms with Crippen LogP contribution in [0.5, 0.6) is 0 Å². The molecular formula is C16H20N2O. The molecule has 0 spiro atoms. The number of aromatic nitrogens is 1. The fourth-order valence-electron chi connectivity index (χ4n) is 3.05. The molecule has 0 aliphatic carbocycles. The second-order valence-corrected chi connectivity index (χ2v) is 5.39. The summed E-state index contributed by atoms with van der Waals surface area (Å²) in [6.45, 7) is 4.31. The normalized spacial score (nSPS) is 20.2. The van der Waals surface area contributed by atoms with E-state index in [4.69, 9.17) is 0 Å². The zero-order valence-electron chi connectivity index (χ0n) is 11.3. The Hall–Kier alpha value is -1.45. The van der Waals surface area contributed by atoms with Gasteiger partial charge in [0.2, 0.25) is 0 Å². The molecule has 1 aliphatic heterocycles. The molecule has 0 amide bonds. The maximum absolute atomic E-state index is 9.43. The van der Waals surface area contributed by atoms with E-state index in [9.17, 15) is 5.11 Å². The van der Waals surface area contributed by atoms with E-state index in [0.717, 1.165) is 30.7 Å². The molecule has 3 rings (SSSR count). The summed E-state index contributed by atoms with van der Waals surface area (Å²) in [5, 5.41) is 10.7. The van der Waals surface area contributed by atoms with Gasteiger partial charge >= 0.3 is 0 Å². The molecule has 1 saturated heterocycles. The Bertz CT molecular complexity index is 582. The molecule has 100 valence electrons. The number of hydrogen-bond donors (Lipinski definition) is 1. The van der Waals surface area contributed by atoms with Gasteiger partial charge in [-0.2, -0.15) is 0 Å². The quantitative estimate of drug-likeness (QED) is 0.916. The molecule has 1 aromatic heterocycles. The van der Waals surface area contributed by atoms with Crippen LogP contribution in [0.2, 0.25) is 0 Å². The molecule has 1 atom stereocenters. The molecule has 1 fully saturated rings. The van der Waals surface area contributed by atoms with E-state index in [1.165, 1.54) is 17.4 Å². The predicted molar refractivity (Wildman–Crippen MR) is 77.0 cm³/mol. The van der Waals surface area contributed by atoms with Crippen LogP contribution in [-0.4, -0.2) is 34.2 Å². The van der Waals surface area contributed by atoms with Gasteiger partial charge in [0.1, 0.15) is 0 Å². The Morgan fingerprint density at radius 2 is 2.21 bits per heavy atom. The van der Waals surface area contributed by atoms with Gasteiger partial charge in [-0.05, 0) is 44.0 Å². The molecule has 19 heavy (non-hydrogen) atoms. The van der Waals surface area contributed by atoms with E-state index in [2.05, 4.69) is 34.1 Å². The van der Waals surface area contributed by atoms with E-state index in [-0.39, 0.29) is 6.61 Å². The Kier molecular flexibility index (Phi) is 3.49. The van der Waals surface area contributed by atoms with Crippen LogP contribution in [0.15, 0.2) is 30.3 Å². The van der Waals surface area contributed by atoms with Crippen molar-refractivity contribution in [2.45, 2.75) is 32.4 Å². The third kappa shape index (κ3) is 2.48. The lowest BCUT2D eigenvalue weighted by molar-refractivity contribution is 0.154. The minimum atomic E-state index is 0.266. The minimum Gasteiger partial charge on any atom is -0.395 e. The number of benzene rings is 1. The van der Waals surface area contributed by atoms with E-state index < -0.39 is 0 Å². The van der Waals surface area contributed by atoms with Crippen molar-refractivity contribution in [1.82, 2.24) is 9.88 Å². The average Bonchev–Trinajstić information content (AvgIpc) is 2.86. The minimum absolute atomic E-state index is 0.266. The summed E-state index contributed by atoms with van der Waals surface area (Å²) in [4.78, 5) is 6.97. The summed E-state index contributed by atoms with van der Waals surface area (Å²) < 4.78 is 0. The van der Waals surface area contributed by atoms with Crippen LogP contribution in [-0.2, 0) is 6.54 Å². The number of likely N-dealkylation sites (tertiary alicyclic amines) is 1. The van der Waals surface area contributed by atoms with E-state index >= 15 is 0 Å². The number of fused-ring (bicyclic) bond motifs is 1. The standard InChI is InChI=1S/C16H20N2O/c1-12-9-13(10-18-8-4-5-14(18)11-19)15-6-2-3-7-16(15)17-12/h2-3,6-7,9,14,19H,4-5,8,10-11H2,1H3/t14-/m1/s1. The zero-order valence-corrected chi connectivity index (χ0v) is 11.3. The fraction of sp³-hybridized carbons (Fsp3) is 0.438. The summed E-state index contributed by atoms with van der Waals surface area (Å²) >= 11 is 0. The SMILES string of the molecule is Cc1cc(CN2CCC[C@@H]2CO)c2ccccc2n1. The molecule has 0 unspecified atom stereocenters. The molecule has 1 aromatic carbocycles. The molecule has 2 heterocycles. The maximum atomic E-state index is 9.43. The van der Waals surface area contributed by atoms with Crippen molar-refractivity contribution in [1.29, 1.82) is 0 Å². The van der Waals surface area contributed by atoms with Crippen molar-refractivity contribution in [3.63, 3.8) is 0 Å². The van der Waals surface area contributed by atoms with E-state index in [0.29, 0.717) is 6.04 Å². The molecule has 3 nitrogen and oxygen atoms in total. The van der Waals surface area contributed by atoms with Crippen LogP contribution in [0.3, 0.4) is 0 Å². The summed E-state index contributed by atoms with van der Waals surface area (Å²) in [6.07, 6.45) is 2.30. The smallest absolute Gasteiger partial charge is 0.0708 e. The highest BCUT2D eigenvalue weighted by Gasteiger charge is 2.24. The number of rotatable bonds is 3. The zero-order chi connectivity index (χ0) is 13.2. The van der Waals surface area contributed by atoms with Crippen molar-refractivity contribution in [2.24, 2.45) is 0 Å². The van der Waals surface area contributed by atoms with Crippen LogP contribution in [0.25, 0.3) is 10.9 Å². The van der Waals surface area contributed by atoms with Gasteiger partial charge in [0.05, 0.1) is 12.1 Å². The molecule has 0 saturated carbocycles. The van der Waals surface area contributed by atoms with Crippen LogP contribution >= 0.6 is 0 Å². The second kappa shape index (κ2) is 5.27. The maximum Gasteiger partial charge on any atom is 0.0708 e. The van der Waals surface area contributed by atoms with Gasteiger partial charge in [-0.15, -0.1) is 0 Å². The Morgan fingerprint density at radius 3 is 3.05 bits per heavy atom. The highest BCUT2D eigenvalue weighted by molar-refractivity contribution is 5.82. The second-order valence-electron chi connectivity index (χ2n) is 5.39. The monoisotopic (exact) mass is 256 g/mol. The molecule has 1 N–H and O–H groups in total. The van der Waals surface area contributed by atoms with E-state index in [1.54, 1.807) is 0 Å². The highest BCUT2D eigenvalue weighted by Crippen LogP contribution is 2.24. The van der Waals surface area contributed by atoms with Gasteiger partial charge in [0.15, 0.2) is 0 Å². The molecule has 0 radical (unpaired) electrons. The molecule has 2 aromatic rings. The van der Waals surface area contributed by atoms with Crippen molar-refractivity contribution >= 4 is 10.9 Å². The van der Waals surface area contributed by atoms with Gasteiger partial charge in [-0.3, -0.25) is 9.88 Å². The summed E-state index contributed by atoms with van der Waals surface area (Å²) in [5.41, 5.74) is 3.45. The van der Waals surface area contributed by atoms with Crippen molar-refractivity contribution in [2.75, 3.05) is 13.2 Å². The van der Waals surface area contributed by atoms with Gasteiger partial charge in [-0.1, -0.05) is 18.2 Å². The fourth-order valence-corrected chi connectivity index (χ4v) is 3.05. The third-order valence-electron chi connectivity index (χ3n) is 4.01. The summed E-state index contributed by atoms with van der Waals surface area (Å²) in [7, 11) is 0. The third-order valence-corrected chi connectivity index (χ3v) is 4.01. The number of aliphatic hydroxyl groups is 1. The highest BCUT2D eigenvalue weighted by atomic mass is 16.3. The molecule has 1 aliphatic rings. The average molecular weight is 256 g/mol. The molecular weight excluding hydrogens is 236 g/mol. The van der Waals surface area contributed by atoms with Gasteiger partial charge in [0, 0.05) is 23.7 Å². The lowest BCUT2D eigenvalue weighted by atomic mass is 10.1. The Labute approximate surface area is 113 Å².